The molecule has 4 N–H and O–H groups in total. The highest BCUT2D eigenvalue weighted by atomic mass is 32.2. The van der Waals surface area contributed by atoms with Gasteiger partial charge in [-0.25, -0.2) is 9.89 Å². The first-order valence-corrected chi connectivity index (χ1v) is 7.21. The normalized spacial score (nSPS) is 20.9. The van der Waals surface area contributed by atoms with Gasteiger partial charge in [0, 0.05) is 18.2 Å². The monoisotopic (exact) mass is 267 g/mol. The highest BCUT2D eigenvalue weighted by Crippen LogP contribution is 2.52. The summed E-state index contributed by atoms with van der Waals surface area (Å²) < 4.78 is 1.77. The van der Waals surface area contributed by atoms with E-state index in [0.29, 0.717) is 12.5 Å². The van der Waals surface area contributed by atoms with Crippen LogP contribution in [0, 0.1) is 10.8 Å². The Kier molecular flexibility index (Phi) is 2.73. The third-order valence-corrected chi connectivity index (χ3v) is 4.92. The molecule has 1 aromatic rings. The van der Waals surface area contributed by atoms with Crippen molar-refractivity contribution >= 4 is 17.6 Å². The van der Waals surface area contributed by atoms with Crippen molar-refractivity contribution in [2.75, 3.05) is 5.75 Å². The van der Waals surface area contributed by atoms with E-state index in [1.165, 1.54) is 0 Å². The number of aromatic amines is 1. The van der Waals surface area contributed by atoms with E-state index in [1.807, 2.05) is 0 Å². The summed E-state index contributed by atoms with van der Waals surface area (Å²) >= 11 is 1.62. The molecule has 0 atom stereocenters. The Hall–Kier alpha value is -1.24. The van der Waals surface area contributed by atoms with E-state index in [1.54, 1.807) is 16.3 Å². The van der Waals surface area contributed by atoms with Gasteiger partial charge in [-0.05, 0) is 31.1 Å². The van der Waals surface area contributed by atoms with Gasteiger partial charge in [-0.1, -0.05) is 11.8 Å². The van der Waals surface area contributed by atoms with Crippen molar-refractivity contribution in [2.24, 2.45) is 11.1 Å². The van der Waals surface area contributed by atoms with Crippen LogP contribution in [0.15, 0.2) is 9.95 Å². The van der Waals surface area contributed by atoms with Crippen LogP contribution in [-0.4, -0.2) is 26.4 Å². The van der Waals surface area contributed by atoms with E-state index in [2.05, 4.69) is 10.2 Å². The molecule has 6 nitrogen and oxygen atoms in total. The lowest BCUT2D eigenvalue weighted by molar-refractivity contribution is 0.604. The Bertz CT molecular complexity index is 526. The Labute approximate surface area is 109 Å². The van der Waals surface area contributed by atoms with Gasteiger partial charge in [0.05, 0.1) is 5.84 Å². The molecule has 3 rings (SSSR count). The summed E-state index contributed by atoms with van der Waals surface area (Å²) in [5.74, 6) is 1.15. The molecule has 1 heterocycles. The molecular weight excluding hydrogens is 250 g/mol. The third kappa shape index (κ3) is 2.31. The van der Waals surface area contributed by atoms with Crippen LogP contribution in [0.1, 0.15) is 38.1 Å². The standard InChI is InChI=1S/C11H17N5OS/c12-8(13)5-11(3-4-11)6-18-10-15-14-9(17)16(10)7-1-2-7/h7H,1-6H2,(H3,12,13)(H,14,17). The molecule has 0 spiro atoms. The van der Waals surface area contributed by atoms with Crippen molar-refractivity contribution in [1.82, 2.24) is 14.8 Å². The zero-order valence-electron chi connectivity index (χ0n) is 10.1. The van der Waals surface area contributed by atoms with E-state index in [0.717, 1.165) is 36.6 Å². The van der Waals surface area contributed by atoms with Crippen LogP contribution in [0.3, 0.4) is 0 Å². The van der Waals surface area contributed by atoms with Crippen molar-refractivity contribution < 1.29 is 0 Å². The number of rotatable bonds is 6. The van der Waals surface area contributed by atoms with Crippen LogP contribution < -0.4 is 11.4 Å². The van der Waals surface area contributed by atoms with Crippen molar-refractivity contribution in [1.29, 1.82) is 5.41 Å². The van der Waals surface area contributed by atoms with E-state index < -0.39 is 0 Å². The van der Waals surface area contributed by atoms with Crippen LogP contribution in [0.5, 0.6) is 0 Å². The lowest BCUT2D eigenvalue weighted by Gasteiger charge is -2.13. The first-order chi connectivity index (χ1) is 8.60. The molecule has 2 aliphatic rings. The van der Waals surface area contributed by atoms with Gasteiger partial charge in [0.15, 0.2) is 5.16 Å². The van der Waals surface area contributed by atoms with Crippen molar-refractivity contribution in [3.63, 3.8) is 0 Å². The fourth-order valence-electron chi connectivity index (χ4n) is 2.22. The van der Waals surface area contributed by atoms with Crippen LogP contribution >= 0.6 is 11.8 Å². The maximum absolute atomic E-state index is 11.6. The molecular formula is C11H17N5OS. The third-order valence-electron chi connectivity index (χ3n) is 3.61. The minimum atomic E-state index is -0.101. The van der Waals surface area contributed by atoms with Gasteiger partial charge >= 0.3 is 5.69 Å². The maximum Gasteiger partial charge on any atom is 0.344 e. The predicted molar refractivity (Wildman–Crippen MR) is 70.0 cm³/mol. The minimum Gasteiger partial charge on any atom is -0.388 e. The fraction of sp³-hybridized carbons (Fsp3) is 0.727. The minimum absolute atomic E-state index is 0.101. The lowest BCUT2D eigenvalue weighted by Crippen LogP contribution is -2.19. The van der Waals surface area contributed by atoms with Crippen molar-refractivity contribution in [2.45, 2.75) is 43.3 Å². The van der Waals surface area contributed by atoms with Crippen LogP contribution in [0.25, 0.3) is 0 Å². The fourth-order valence-corrected chi connectivity index (χ4v) is 3.52. The molecule has 2 fully saturated rings. The summed E-state index contributed by atoms with van der Waals surface area (Å²) in [6.07, 6.45) is 5.06. The number of nitrogens with two attached hydrogens (primary N) is 1. The zero-order valence-corrected chi connectivity index (χ0v) is 10.9. The summed E-state index contributed by atoms with van der Waals surface area (Å²) in [7, 11) is 0. The van der Waals surface area contributed by atoms with Crippen molar-refractivity contribution in [3.8, 4) is 0 Å². The highest BCUT2D eigenvalue weighted by molar-refractivity contribution is 7.99. The SMILES string of the molecule is N=C(N)CC1(CSc2n[nH]c(=O)n2C2CC2)CC1. The quantitative estimate of drug-likeness (QED) is 0.408. The summed E-state index contributed by atoms with van der Waals surface area (Å²) in [5.41, 5.74) is 5.56. The lowest BCUT2D eigenvalue weighted by atomic mass is 10.1. The predicted octanol–water partition coefficient (Wildman–Crippen LogP) is 1.10. The molecule has 0 aromatic carbocycles. The van der Waals surface area contributed by atoms with Gasteiger partial charge in [0.25, 0.3) is 0 Å². The Morgan fingerprint density at radius 2 is 2.33 bits per heavy atom. The molecule has 2 aliphatic carbocycles. The van der Waals surface area contributed by atoms with E-state index in [-0.39, 0.29) is 16.9 Å². The average Bonchev–Trinajstić information content (AvgIpc) is 3.20. The first kappa shape index (κ1) is 11.8. The van der Waals surface area contributed by atoms with Gasteiger partial charge in [-0.15, -0.1) is 5.10 Å². The van der Waals surface area contributed by atoms with Crippen molar-refractivity contribution in [3.05, 3.63) is 10.5 Å². The molecule has 0 radical (unpaired) electrons. The topological polar surface area (TPSA) is 101 Å². The number of nitrogens with one attached hydrogen (secondary N) is 2. The molecule has 0 aliphatic heterocycles. The first-order valence-electron chi connectivity index (χ1n) is 6.22. The number of aromatic nitrogens is 3. The maximum atomic E-state index is 11.6. The molecule has 7 heteroatoms. The Morgan fingerprint density at radius 1 is 1.61 bits per heavy atom. The molecule has 0 saturated heterocycles. The molecule has 18 heavy (non-hydrogen) atoms. The number of thioether (sulfide) groups is 1. The number of nitrogens with zero attached hydrogens (tertiary/aromatic N) is 2. The Balaban J connectivity index is 1.67. The van der Waals surface area contributed by atoms with Gasteiger partial charge in [0.2, 0.25) is 0 Å². The van der Waals surface area contributed by atoms with Crippen LogP contribution in [0.4, 0.5) is 0 Å². The smallest absolute Gasteiger partial charge is 0.344 e. The Morgan fingerprint density at radius 3 is 2.89 bits per heavy atom. The second-order valence-corrected chi connectivity index (χ2v) is 6.35. The molecule has 0 bridgehead atoms. The van der Waals surface area contributed by atoms with Gasteiger partial charge < -0.3 is 5.73 Å². The number of hydrogen-bond acceptors (Lipinski definition) is 4. The second kappa shape index (κ2) is 4.15. The molecule has 0 unspecified atom stereocenters. The second-order valence-electron chi connectivity index (χ2n) is 5.40. The van der Waals surface area contributed by atoms with Crippen LogP contribution in [-0.2, 0) is 0 Å². The molecule has 0 amide bonds. The van der Waals surface area contributed by atoms with E-state index in [4.69, 9.17) is 11.1 Å². The molecule has 98 valence electrons. The van der Waals surface area contributed by atoms with E-state index in [9.17, 15) is 4.79 Å². The van der Waals surface area contributed by atoms with Gasteiger partial charge in [0.1, 0.15) is 0 Å². The molecule has 1 aromatic heterocycles. The number of H-pyrrole nitrogens is 1. The average molecular weight is 267 g/mol. The number of hydrogen-bond donors (Lipinski definition) is 3. The van der Waals surface area contributed by atoms with Gasteiger partial charge in [-0.2, -0.15) is 0 Å². The summed E-state index contributed by atoms with van der Waals surface area (Å²) in [4.78, 5) is 11.6. The highest BCUT2D eigenvalue weighted by Gasteiger charge is 2.43. The van der Waals surface area contributed by atoms with E-state index >= 15 is 0 Å². The van der Waals surface area contributed by atoms with Crippen LogP contribution in [0.2, 0.25) is 0 Å². The summed E-state index contributed by atoms with van der Waals surface area (Å²) in [5, 5.41) is 14.8. The summed E-state index contributed by atoms with van der Waals surface area (Å²) in [6.45, 7) is 0. The number of amidine groups is 1. The summed E-state index contributed by atoms with van der Waals surface area (Å²) in [6, 6.07) is 0.349. The van der Waals surface area contributed by atoms with Gasteiger partial charge in [-0.3, -0.25) is 9.98 Å². The zero-order chi connectivity index (χ0) is 12.8. The largest absolute Gasteiger partial charge is 0.388 e. The molecule has 2 saturated carbocycles.